The molecule has 2 fully saturated rings. The van der Waals surface area contributed by atoms with Gasteiger partial charge in [-0.05, 0) is 49.9 Å². The van der Waals surface area contributed by atoms with Gasteiger partial charge in [-0.2, -0.15) is 0 Å². The fraction of sp³-hybridized carbons (Fsp3) is 0.636. The van der Waals surface area contributed by atoms with Gasteiger partial charge in [0.2, 0.25) is 0 Å². The summed E-state index contributed by atoms with van der Waals surface area (Å²) in [6, 6.07) is 9.65. The SMILES string of the molecule is Cn1c(CN2CCOCC2)nnc1C1CCN(C2Cc3ccccc3C2)CC1. The van der Waals surface area contributed by atoms with Gasteiger partial charge in [0, 0.05) is 32.1 Å². The maximum atomic E-state index is 5.45. The quantitative estimate of drug-likeness (QED) is 0.811. The van der Waals surface area contributed by atoms with Gasteiger partial charge in [-0.1, -0.05) is 24.3 Å². The van der Waals surface area contributed by atoms with Gasteiger partial charge in [0.05, 0.1) is 19.8 Å². The van der Waals surface area contributed by atoms with E-state index in [0.29, 0.717) is 12.0 Å². The minimum Gasteiger partial charge on any atom is -0.379 e. The number of hydrogen-bond donors (Lipinski definition) is 0. The molecule has 1 aromatic carbocycles. The predicted octanol–water partition coefficient (Wildman–Crippen LogP) is 1.99. The van der Waals surface area contributed by atoms with E-state index in [4.69, 9.17) is 4.74 Å². The van der Waals surface area contributed by atoms with Gasteiger partial charge >= 0.3 is 0 Å². The summed E-state index contributed by atoms with van der Waals surface area (Å²) in [7, 11) is 2.14. The van der Waals surface area contributed by atoms with Crippen LogP contribution in [0.2, 0.25) is 0 Å². The molecule has 1 aromatic heterocycles. The van der Waals surface area contributed by atoms with Gasteiger partial charge in [-0.15, -0.1) is 10.2 Å². The van der Waals surface area contributed by atoms with Crippen LogP contribution in [-0.2, 0) is 31.2 Å². The largest absolute Gasteiger partial charge is 0.379 e. The average molecular weight is 382 g/mol. The Morgan fingerprint density at radius 3 is 2.32 bits per heavy atom. The summed E-state index contributed by atoms with van der Waals surface area (Å²) in [6.45, 7) is 6.87. The fourth-order valence-corrected chi connectivity index (χ4v) is 5.14. The number of rotatable bonds is 4. The molecule has 1 aliphatic carbocycles. The number of likely N-dealkylation sites (tertiary alicyclic amines) is 1. The number of piperidine rings is 1. The molecular weight excluding hydrogens is 350 g/mol. The first-order valence-corrected chi connectivity index (χ1v) is 10.8. The number of aromatic nitrogens is 3. The van der Waals surface area contributed by atoms with Crippen molar-refractivity contribution >= 4 is 0 Å². The van der Waals surface area contributed by atoms with Gasteiger partial charge in [-0.25, -0.2) is 0 Å². The molecule has 2 aromatic rings. The van der Waals surface area contributed by atoms with Crippen LogP contribution in [0.5, 0.6) is 0 Å². The number of fused-ring (bicyclic) bond motifs is 1. The number of morpholine rings is 1. The van der Waals surface area contributed by atoms with E-state index in [0.717, 1.165) is 38.7 Å². The van der Waals surface area contributed by atoms with Crippen LogP contribution in [-0.4, -0.2) is 70.0 Å². The van der Waals surface area contributed by atoms with E-state index in [-0.39, 0.29) is 0 Å². The van der Waals surface area contributed by atoms with Crippen molar-refractivity contribution in [3.05, 3.63) is 47.0 Å². The maximum Gasteiger partial charge on any atom is 0.146 e. The molecule has 0 atom stereocenters. The van der Waals surface area contributed by atoms with Crippen LogP contribution in [0.25, 0.3) is 0 Å². The zero-order chi connectivity index (χ0) is 18.9. The highest BCUT2D eigenvalue weighted by atomic mass is 16.5. The third kappa shape index (κ3) is 3.61. The first kappa shape index (κ1) is 18.3. The van der Waals surface area contributed by atoms with E-state index in [9.17, 15) is 0 Å². The van der Waals surface area contributed by atoms with Gasteiger partial charge in [0.25, 0.3) is 0 Å². The van der Waals surface area contributed by atoms with Gasteiger partial charge < -0.3 is 9.30 Å². The second-order valence-corrected chi connectivity index (χ2v) is 8.56. The van der Waals surface area contributed by atoms with E-state index in [2.05, 4.69) is 55.9 Å². The lowest BCUT2D eigenvalue weighted by atomic mass is 9.94. The van der Waals surface area contributed by atoms with Crippen molar-refractivity contribution in [3.8, 4) is 0 Å². The molecule has 0 spiro atoms. The van der Waals surface area contributed by atoms with Crippen molar-refractivity contribution in [1.82, 2.24) is 24.6 Å². The molecule has 0 saturated carbocycles. The topological polar surface area (TPSA) is 46.4 Å². The number of benzene rings is 1. The maximum absolute atomic E-state index is 5.45. The van der Waals surface area contributed by atoms with Crippen molar-refractivity contribution < 1.29 is 4.74 Å². The molecule has 0 N–H and O–H groups in total. The normalized spacial score (nSPS) is 22.6. The number of ether oxygens (including phenoxy) is 1. The van der Waals surface area contributed by atoms with E-state index in [1.807, 2.05) is 0 Å². The Morgan fingerprint density at radius 1 is 0.964 bits per heavy atom. The lowest BCUT2D eigenvalue weighted by Gasteiger charge is -2.35. The van der Waals surface area contributed by atoms with Crippen LogP contribution < -0.4 is 0 Å². The van der Waals surface area contributed by atoms with Crippen LogP contribution in [0.15, 0.2) is 24.3 Å². The molecule has 28 heavy (non-hydrogen) atoms. The summed E-state index contributed by atoms with van der Waals surface area (Å²) < 4.78 is 7.70. The first-order chi connectivity index (χ1) is 13.8. The second kappa shape index (κ2) is 7.93. The second-order valence-electron chi connectivity index (χ2n) is 8.56. The first-order valence-electron chi connectivity index (χ1n) is 10.8. The molecule has 0 unspecified atom stereocenters. The Bertz CT molecular complexity index is 780. The average Bonchev–Trinajstić information content (AvgIpc) is 3.33. The Labute approximate surface area is 167 Å². The van der Waals surface area contributed by atoms with E-state index < -0.39 is 0 Å². The highest BCUT2D eigenvalue weighted by Gasteiger charge is 2.31. The van der Waals surface area contributed by atoms with E-state index in [1.165, 1.54) is 44.6 Å². The highest BCUT2D eigenvalue weighted by Crippen LogP contribution is 2.32. The van der Waals surface area contributed by atoms with Crippen molar-refractivity contribution in [2.24, 2.45) is 7.05 Å². The molecule has 2 aliphatic heterocycles. The Morgan fingerprint density at radius 2 is 1.64 bits per heavy atom. The molecule has 3 heterocycles. The third-order valence-corrected chi connectivity index (χ3v) is 6.91. The Balaban J connectivity index is 1.18. The van der Waals surface area contributed by atoms with Crippen LogP contribution in [0.1, 0.15) is 41.5 Å². The van der Waals surface area contributed by atoms with E-state index >= 15 is 0 Å². The molecular formula is C22H31N5O. The number of hydrogen-bond acceptors (Lipinski definition) is 5. The van der Waals surface area contributed by atoms with Crippen LogP contribution in [0, 0.1) is 0 Å². The Kier molecular flexibility index (Phi) is 5.18. The predicted molar refractivity (Wildman–Crippen MR) is 108 cm³/mol. The molecule has 150 valence electrons. The van der Waals surface area contributed by atoms with Crippen molar-refractivity contribution in [1.29, 1.82) is 0 Å². The molecule has 2 saturated heterocycles. The minimum absolute atomic E-state index is 0.538. The smallest absolute Gasteiger partial charge is 0.146 e. The lowest BCUT2D eigenvalue weighted by Crippen LogP contribution is -2.41. The van der Waals surface area contributed by atoms with Crippen molar-refractivity contribution in [2.75, 3.05) is 39.4 Å². The third-order valence-electron chi connectivity index (χ3n) is 6.91. The molecule has 6 nitrogen and oxygen atoms in total. The molecule has 6 heteroatoms. The van der Waals surface area contributed by atoms with Crippen molar-refractivity contribution in [2.45, 2.75) is 44.2 Å². The zero-order valence-corrected chi connectivity index (χ0v) is 16.9. The molecule has 0 amide bonds. The highest BCUT2D eigenvalue weighted by molar-refractivity contribution is 5.33. The Hall–Kier alpha value is -1.76. The summed E-state index contributed by atoms with van der Waals surface area (Å²) in [5.41, 5.74) is 3.10. The zero-order valence-electron chi connectivity index (χ0n) is 16.9. The minimum atomic E-state index is 0.538. The summed E-state index contributed by atoms with van der Waals surface area (Å²) in [4.78, 5) is 5.12. The summed E-state index contributed by atoms with van der Waals surface area (Å²) in [6.07, 6.45) is 4.82. The fourth-order valence-electron chi connectivity index (χ4n) is 5.14. The lowest BCUT2D eigenvalue weighted by molar-refractivity contribution is 0.0326. The van der Waals surface area contributed by atoms with Crippen LogP contribution in [0.4, 0.5) is 0 Å². The summed E-state index contributed by atoms with van der Waals surface area (Å²) in [5.74, 6) is 2.80. The summed E-state index contributed by atoms with van der Waals surface area (Å²) in [5, 5.41) is 9.12. The molecule has 5 rings (SSSR count). The monoisotopic (exact) mass is 381 g/mol. The van der Waals surface area contributed by atoms with E-state index in [1.54, 1.807) is 11.1 Å². The van der Waals surface area contributed by atoms with Crippen LogP contribution in [0.3, 0.4) is 0 Å². The van der Waals surface area contributed by atoms with Gasteiger partial charge in [0.15, 0.2) is 0 Å². The van der Waals surface area contributed by atoms with Crippen LogP contribution >= 0.6 is 0 Å². The van der Waals surface area contributed by atoms with Crippen molar-refractivity contribution in [3.63, 3.8) is 0 Å². The number of nitrogens with zero attached hydrogens (tertiary/aromatic N) is 5. The molecule has 3 aliphatic rings. The standard InChI is InChI=1S/C22H31N5O/c1-25-21(16-26-10-12-28-13-11-26)23-24-22(25)17-6-8-27(9-7-17)20-14-18-4-2-3-5-19(18)15-20/h2-5,17,20H,6-16H2,1H3. The van der Waals surface area contributed by atoms with Gasteiger partial charge in [0.1, 0.15) is 11.6 Å². The van der Waals surface area contributed by atoms with Gasteiger partial charge in [-0.3, -0.25) is 9.80 Å². The molecule has 0 bridgehead atoms. The molecule has 0 radical (unpaired) electrons. The summed E-state index contributed by atoms with van der Waals surface area (Å²) >= 11 is 0.